The molecule has 1 aromatic carbocycles. The highest BCUT2D eigenvalue weighted by Crippen LogP contribution is 2.77. The monoisotopic (exact) mass is 427 g/mol. The van der Waals surface area contributed by atoms with Crippen molar-refractivity contribution in [1.82, 2.24) is 5.32 Å². The zero-order chi connectivity index (χ0) is 22.0. The van der Waals surface area contributed by atoms with Crippen LogP contribution in [-0.4, -0.2) is 49.2 Å². The van der Waals surface area contributed by atoms with E-state index in [9.17, 15) is 5.11 Å². The van der Waals surface area contributed by atoms with E-state index in [1.165, 1.54) is 11.1 Å². The summed E-state index contributed by atoms with van der Waals surface area (Å²) in [7, 11) is 3.57. The van der Waals surface area contributed by atoms with Crippen LogP contribution in [0.1, 0.15) is 64.5 Å². The minimum Gasteiger partial charge on any atom is -0.493 e. The third-order valence-electron chi connectivity index (χ3n) is 10.6. The fourth-order valence-corrected chi connectivity index (χ4v) is 8.68. The second-order valence-electron chi connectivity index (χ2n) is 12.0. The van der Waals surface area contributed by atoms with Gasteiger partial charge in [0.25, 0.3) is 0 Å². The van der Waals surface area contributed by atoms with E-state index in [0.717, 1.165) is 50.1 Å². The quantitative estimate of drug-likeness (QED) is 0.772. The second-order valence-corrected chi connectivity index (χ2v) is 12.0. The molecule has 3 saturated carbocycles. The van der Waals surface area contributed by atoms with E-state index in [0.29, 0.717) is 6.04 Å². The number of aliphatic hydroxyl groups is 1. The van der Waals surface area contributed by atoms with Crippen molar-refractivity contribution in [2.75, 3.05) is 20.8 Å². The predicted molar refractivity (Wildman–Crippen MR) is 119 cm³/mol. The number of nitrogens with one attached hydrogen (secondary N) is 1. The van der Waals surface area contributed by atoms with Crippen molar-refractivity contribution < 1.29 is 19.3 Å². The Morgan fingerprint density at radius 1 is 1.13 bits per heavy atom. The molecule has 6 aliphatic rings. The van der Waals surface area contributed by atoms with Gasteiger partial charge in [-0.3, -0.25) is 0 Å². The summed E-state index contributed by atoms with van der Waals surface area (Å²) >= 11 is 0. The SMILES string of the molecule is COc1ccc2c3c1O[C@H]1[C@@]4(OC)CC[C@@]5(C[C@@H]4C(C)(O)C(C)(C)C)[C@@H](C2)NCC[C@]315. The second kappa shape index (κ2) is 5.78. The van der Waals surface area contributed by atoms with Gasteiger partial charge in [-0.1, -0.05) is 26.8 Å². The number of benzene rings is 1. The average Bonchev–Trinajstić information content (AvgIpc) is 3.09. The molecule has 7 rings (SSSR count). The Labute approximate surface area is 185 Å². The van der Waals surface area contributed by atoms with Crippen molar-refractivity contribution in [1.29, 1.82) is 0 Å². The molecule has 2 aliphatic heterocycles. The van der Waals surface area contributed by atoms with Gasteiger partial charge < -0.3 is 24.6 Å². The lowest BCUT2D eigenvalue weighted by molar-refractivity contribution is -0.303. The zero-order valence-corrected chi connectivity index (χ0v) is 19.8. The Morgan fingerprint density at radius 2 is 1.90 bits per heavy atom. The van der Waals surface area contributed by atoms with Crippen molar-refractivity contribution in [2.24, 2.45) is 16.7 Å². The fourth-order valence-electron chi connectivity index (χ4n) is 8.68. The summed E-state index contributed by atoms with van der Waals surface area (Å²) in [6, 6.07) is 4.73. The van der Waals surface area contributed by atoms with Gasteiger partial charge in [-0.05, 0) is 62.6 Å². The Morgan fingerprint density at radius 3 is 2.58 bits per heavy atom. The van der Waals surface area contributed by atoms with Crippen LogP contribution in [0.15, 0.2) is 12.1 Å². The van der Waals surface area contributed by atoms with E-state index in [2.05, 4.69) is 38.2 Å². The fraction of sp³-hybridized carbons (Fsp3) is 0.769. The molecule has 1 unspecified atom stereocenters. The molecular formula is C26H37NO4. The number of piperidine rings is 1. The third-order valence-corrected chi connectivity index (χ3v) is 10.6. The molecule has 4 bridgehead atoms. The highest BCUT2D eigenvalue weighted by molar-refractivity contribution is 5.63. The molecule has 4 fully saturated rings. The number of fused-ring (bicyclic) bond motifs is 2. The van der Waals surface area contributed by atoms with Gasteiger partial charge in [-0.2, -0.15) is 0 Å². The van der Waals surface area contributed by atoms with Crippen molar-refractivity contribution >= 4 is 0 Å². The summed E-state index contributed by atoms with van der Waals surface area (Å²) in [4.78, 5) is 0. The van der Waals surface area contributed by atoms with Gasteiger partial charge in [0.2, 0.25) is 0 Å². The van der Waals surface area contributed by atoms with Gasteiger partial charge in [-0.25, -0.2) is 0 Å². The van der Waals surface area contributed by atoms with Crippen LogP contribution in [0.2, 0.25) is 0 Å². The lowest BCUT2D eigenvalue weighted by Crippen LogP contribution is -2.83. The highest BCUT2D eigenvalue weighted by Gasteiger charge is 2.81. The van der Waals surface area contributed by atoms with Crippen LogP contribution in [0.4, 0.5) is 0 Å². The molecule has 1 saturated heterocycles. The average molecular weight is 428 g/mol. The number of hydrogen-bond donors (Lipinski definition) is 2. The zero-order valence-electron chi connectivity index (χ0n) is 19.8. The van der Waals surface area contributed by atoms with Crippen LogP contribution in [0.3, 0.4) is 0 Å². The maximum atomic E-state index is 12.0. The standard InChI is InChI=1S/C26H37NO4/c1-22(2,3)23(4,28)17-14-24-9-10-26(17,30-6)21-25(24)11-12-27-18(24)13-15-7-8-16(29-5)20(31-21)19(15)25/h7-8,17-18,21,27-28H,9-14H2,1-6H3/t17-,18-,21-,23?,24-,25+,26-/m1/s1. The molecule has 2 spiro atoms. The summed E-state index contributed by atoms with van der Waals surface area (Å²) in [5.74, 6) is 1.77. The first-order valence-electron chi connectivity index (χ1n) is 12.0. The first kappa shape index (κ1) is 20.3. The van der Waals surface area contributed by atoms with E-state index >= 15 is 0 Å². The molecule has 5 heteroatoms. The van der Waals surface area contributed by atoms with Crippen LogP contribution >= 0.6 is 0 Å². The van der Waals surface area contributed by atoms with Gasteiger partial charge >= 0.3 is 0 Å². The van der Waals surface area contributed by atoms with Crippen molar-refractivity contribution in [3.05, 3.63) is 23.3 Å². The van der Waals surface area contributed by atoms with Crippen molar-refractivity contribution in [2.45, 2.75) is 88.6 Å². The first-order valence-corrected chi connectivity index (χ1v) is 12.0. The Kier molecular flexibility index (Phi) is 3.79. The van der Waals surface area contributed by atoms with Gasteiger partial charge in [0, 0.05) is 35.5 Å². The summed E-state index contributed by atoms with van der Waals surface area (Å²) in [5, 5.41) is 15.9. The molecule has 2 N–H and O–H groups in total. The van der Waals surface area contributed by atoms with E-state index in [1.54, 1.807) is 7.11 Å². The van der Waals surface area contributed by atoms with E-state index < -0.39 is 11.2 Å². The number of ether oxygens (including phenoxy) is 3. The van der Waals surface area contributed by atoms with Crippen LogP contribution < -0.4 is 14.8 Å². The molecule has 0 amide bonds. The Hall–Kier alpha value is -1.30. The molecule has 170 valence electrons. The van der Waals surface area contributed by atoms with Gasteiger partial charge in [0.05, 0.1) is 12.7 Å². The topological polar surface area (TPSA) is 60.0 Å². The lowest BCUT2D eigenvalue weighted by Gasteiger charge is -2.74. The first-order chi connectivity index (χ1) is 14.6. The van der Waals surface area contributed by atoms with Crippen LogP contribution in [0, 0.1) is 16.7 Å². The number of hydrogen-bond acceptors (Lipinski definition) is 5. The summed E-state index contributed by atoms with van der Waals surface area (Å²) in [6.45, 7) is 9.48. The molecule has 31 heavy (non-hydrogen) atoms. The maximum Gasteiger partial charge on any atom is 0.165 e. The summed E-state index contributed by atoms with van der Waals surface area (Å²) in [5.41, 5.74) is 1.13. The van der Waals surface area contributed by atoms with Crippen molar-refractivity contribution in [3.63, 3.8) is 0 Å². The molecule has 7 atom stereocenters. The van der Waals surface area contributed by atoms with Crippen LogP contribution in [0.25, 0.3) is 0 Å². The summed E-state index contributed by atoms with van der Waals surface area (Å²) in [6.07, 6.45) is 4.99. The largest absolute Gasteiger partial charge is 0.493 e. The molecular weight excluding hydrogens is 390 g/mol. The van der Waals surface area contributed by atoms with E-state index in [4.69, 9.17) is 14.2 Å². The minimum absolute atomic E-state index is 0.00105. The molecule has 4 aliphatic carbocycles. The predicted octanol–water partition coefficient (Wildman–Crippen LogP) is 3.59. The summed E-state index contributed by atoms with van der Waals surface area (Å²) < 4.78 is 19.3. The smallest absolute Gasteiger partial charge is 0.165 e. The van der Waals surface area contributed by atoms with Gasteiger partial charge in [0.15, 0.2) is 11.5 Å². The molecule has 0 aromatic heterocycles. The molecule has 5 nitrogen and oxygen atoms in total. The van der Waals surface area contributed by atoms with Crippen LogP contribution in [-0.2, 0) is 16.6 Å². The lowest BCUT2D eigenvalue weighted by atomic mass is 9.33. The third kappa shape index (κ3) is 1.98. The van der Waals surface area contributed by atoms with Crippen LogP contribution in [0.5, 0.6) is 11.5 Å². The Balaban J connectivity index is 1.64. The maximum absolute atomic E-state index is 12.0. The number of methoxy groups -OCH3 is 2. The molecule has 2 heterocycles. The van der Waals surface area contributed by atoms with Gasteiger partial charge in [-0.15, -0.1) is 0 Å². The Bertz CT molecular complexity index is 951. The van der Waals surface area contributed by atoms with E-state index in [-0.39, 0.29) is 28.3 Å². The molecule has 1 aromatic rings. The van der Waals surface area contributed by atoms with E-state index in [1.807, 2.05) is 14.0 Å². The highest BCUT2D eigenvalue weighted by atomic mass is 16.6. The number of rotatable bonds is 3. The van der Waals surface area contributed by atoms with Gasteiger partial charge in [0.1, 0.15) is 11.7 Å². The minimum atomic E-state index is -0.880. The normalized spacial score (nSPS) is 43.8. The molecule has 0 radical (unpaired) electrons. The van der Waals surface area contributed by atoms with Crippen molar-refractivity contribution in [3.8, 4) is 11.5 Å².